The van der Waals surface area contributed by atoms with Crippen molar-refractivity contribution < 1.29 is 9.53 Å². The molecule has 0 bridgehead atoms. The summed E-state index contributed by atoms with van der Waals surface area (Å²) in [5, 5.41) is 1.11. The number of pyridine rings is 1. The van der Waals surface area contributed by atoms with Crippen LogP contribution in [0.3, 0.4) is 0 Å². The van der Waals surface area contributed by atoms with Gasteiger partial charge in [0.05, 0.1) is 22.9 Å². The molecule has 6 heteroatoms. The molecule has 1 amide bonds. The third-order valence-electron chi connectivity index (χ3n) is 3.95. The van der Waals surface area contributed by atoms with E-state index in [0.29, 0.717) is 11.7 Å². The van der Waals surface area contributed by atoms with E-state index in [1.165, 1.54) is 0 Å². The minimum absolute atomic E-state index is 0.0394. The first kappa shape index (κ1) is 18.4. The van der Waals surface area contributed by atoms with Crippen LogP contribution in [0.5, 0.6) is 5.75 Å². The van der Waals surface area contributed by atoms with Crippen molar-refractivity contribution >= 4 is 17.2 Å². The van der Waals surface area contributed by atoms with Crippen molar-refractivity contribution in [2.24, 2.45) is 0 Å². The van der Waals surface area contributed by atoms with Gasteiger partial charge in [-0.3, -0.25) is 9.78 Å². The minimum Gasteiger partial charge on any atom is -0.479 e. The zero-order chi connectivity index (χ0) is 17.9. The zero-order valence-corrected chi connectivity index (χ0v) is 15.9. The Hall–Kier alpha value is -1.95. The summed E-state index contributed by atoms with van der Waals surface area (Å²) in [4.78, 5) is 24.2. The number of likely N-dealkylation sites (N-methyl/N-ethyl adjacent to an activating group) is 1. The van der Waals surface area contributed by atoms with E-state index in [9.17, 15) is 4.79 Å². The Bertz CT molecular complexity index is 685. The number of hydrogen-bond acceptors (Lipinski definition) is 5. The SMILES string of the molecule is Cc1nc(C(C)C)sc1[C@H](C)N(C)C(=O)[C@@H](C)Oc1cccnc1. The predicted molar refractivity (Wildman–Crippen MR) is 96.5 cm³/mol. The van der Waals surface area contributed by atoms with Crippen LogP contribution in [-0.4, -0.2) is 33.9 Å². The van der Waals surface area contributed by atoms with E-state index in [4.69, 9.17) is 4.74 Å². The molecular weight excluding hydrogens is 322 g/mol. The van der Waals surface area contributed by atoms with Crippen LogP contribution in [0.1, 0.15) is 55.2 Å². The highest BCUT2D eigenvalue weighted by atomic mass is 32.1. The minimum atomic E-state index is -0.570. The molecule has 2 aromatic heterocycles. The molecule has 0 aliphatic rings. The lowest BCUT2D eigenvalue weighted by atomic mass is 10.2. The first-order chi connectivity index (χ1) is 11.3. The number of hydrogen-bond donors (Lipinski definition) is 0. The third kappa shape index (κ3) is 4.12. The summed E-state index contributed by atoms with van der Waals surface area (Å²) >= 11 is 1.68. The highest BCUT2D eigenvalue weighted by molar-refractivity contribution is 7.11. The second kappa shape index (κ2) is 7.75. The maximum Gasteiger partial charge on any atom is 0.263 e. The first-order valence-corrected chi connectivity index (χ1v) is 8.93. The van der Waals surface area contributed by atoms with Crippen molar-refractivity contribution in [3.8, 4) is 5.75 Å². The number of ether oxygens (including phenoxy) is 1. The van der Waals surface area contributed by atoms with Gasteiger partial charge in [0.15, 0.2) is 6.10 Å². The van der Waals surface area contributed by atoms with Gasteiger partial charge in [0.1, 0.15) is 5.75 Å². The zero-order valence-electron chi connectivity index (χ0n) is 15.1. The number of aryl methyl sites for hydroxylation is 1. The summed E-state index contributed by atoms with van der Waals surface area (Å²) in [6.45, 7) is 10.1. The summed E-state index contributed by atoms with van der Waals surface area (Å²) in [7, 11) is 1.81. The molecule has 2 heterocycles. The number of carbonyl (C=O) groups is 1. The number of thiazole rings is 1. The average Bonchev–Trinajstić information content (AvgIpc) is 2.95. The van der Waals surface area contributed by atoms with Gasteiger partial charge in [-0.2, -0.15) is 0 Å². The third-order valence-corrected chi connectivity index (χ3v) is 5.57. The molecule has 2 rings (SSSR count). The van der Waals surface area contributed by atoms with Crippen LogP contribution in [0.25, 0.3) is 0 Å². The molecular formula is C18H25N3O2S. The molecule has 0 N–H and O–H groups in total. The van der Waals surface area contributed by atoms with E-state index in [-0.39, 0.29) is 11.9 Å². The molecule has 0 saturated carbocycles. The first-order valence-electron chi connectivity index (χ1n) is 8.11. The Morgan fingerprint density at radius 3 is 2.54 bits per heavy atom. The normalized spacial score (nSPS) is 13.6. The number of aromatic nitrogens is 2. The van der Waals surface area contributed by atoms with E-state index >= 15 is 0 Å². The maximum atomic E-state index is 12.7. The largest absolute Gasteiger partial charge is 0.479 e. The van der Waals surface area contributed by atoms with E-state index in [0.717, 1.165) is 15.6 Å². The Labute approximate surface area is 147 Å². The van der Waals surface area contributed by atoms with Gasteiger partial charge >= 0.3 is 0 Å². The lowest BCUT2D eigenvalue weighted by Gasteiger charge is -2.27. The van der Waals surface area contributed by atoms with Crippen molar-refractivity contribution in [1.29, 1.82) is 0 Å². The van der Waals surface area contributed by atoms with E-state index in [1.807, 2.05) is 20.9 Å². The van der Waals surface area contributed by atoms with Gasteiger partial charge in [-0.25, -0.2) is 4.98 Å². The van der Waals surface area contributed by atoms with Crippen LogP contribution in [-0.2, 0) is 4.79 Å². The Kier molecular flexibility index (Phi) is 5.94. The molecule has 0 radical (unpaired) electrons. The number of rotatable bonds is 6. The molecule has 130 valence electrons. The standard InChI is InChI=1S/C18H25N3O2S/c1-11(2)17-20-12(3)16(24-17)13(4)21(6)18(22)14(5)23-15-8-7-9-19-10-15/h7-11,13-14H,1-6H3/t13-,14+/m0/s1. The van der Waals surface area contributed by atoms with Crippen LogP contribution in [0, 0.1) is 6.92 Å². The molecule has 0 aromatic carbocycles. The molecule has 5 nitrogen and oxygen atoms in total. The molecule has 0 fully saturated rings. The van der Waals surface area contributed by atoms with Gasteiger partial charge in [-0.15, -0.1) is 11.3 Å². The Balaban J connectivity index is 2.09. The predicted octanol–water partition coefficient (Wildman–Crippen LogP) is 3.96. The summed E-state index contributed by atoms with van der Waals surface area (Å²) in [5.41, 5.74) is 0.997. The van der Waals surface area contributed by atoms with Crippen molar-refractivity contribution in [3.05, 3.63) is 40.1 Å². The highest BCUT2D eigenvalue weighted by Crippen LogP contribution is 2.32. The van der Waals surface area contributed by atoms with Crippen LogP contribution in [0.2, 0.25) is 0 Å². The van der Waals surface area contributed by atoms with Crippen molar-refractivity contribution in [3.63, 3.8) is 0 Å². The average molecular weight is 347 g/mol. The van der Waals surface area contributed by atoms with Gasteiger partial charge < -0.3 is 9.64 Å². The Morgan fingerprint density at radius 1 is 1.29 bits per heavy atom. The molecule has 0 aliphatic carbocycles. The monoisotopic (exact) mass is 347 g/mol. The fourth-order valence-corrected chi connectivity index (χ4v) is 3.55. The molecule has 2 aromatic rings. The second-order valence-corrected chi connectivity index (χ2v) is 7.29. The van der Waals surface area contributed by atoms with Gasteiger partial charge in [-0.1, -0.05) is 13.8 Å². The molecule has 0 saturated heterocycles. The van der Waals surface area contributed by atoms with Crippen LogP contribution < -0.4 is 4.74 Å². The quantitative estimate of drug-likeness (QED) is 0.794. The maximum absolute atomic E-state index is 12.7. The van der Waals surface area contributed by atoms with E-state index in [2.05, 4.69) is 23.8 Å². The summed E-state index contributed by atoms with van der Waals surface area (Å²) in [6.07, 6.45) is 2.71. The van der Waals surface area contributed by atoms with Gasteiger partial charge in [0.25, 0.3) is 5.91 Å². The summed E-state index contributed by atoms with van der Waals surface area (Å²) in [6, 6.07) is 3.54. The fourth-order valence-electron chi connectivity index (χ4n) is 2.39. The lowest BCUT2D eigenvalue weighted by Crippen LogP contribution is -2.39. The molecule has 0 aliphatic heterocycles. The van der Waals surface area contributed by atoms with Crippen molar-refractivity contribution in [2.45, 2.75) is 52.7 Å². The van der Waals surface area contributed by atoms with Gasteiger partial charge in [0, 0.05) is 24.0 Å². The number of carbonyl (C=O) groups excluding carboxylic acids is 1. The van der Waals surface area contributed by atoms with Gasteiger partial charge in [-0.05, 0) is 32.9 Å². The Morgan fingerprint density at radius 2 is 2.00 bits per heavy atom. The van der Waals surface area contributed by atoms with Crippen LogP contribution in [0.15, 0.2) is 24.5 Å². The number of amides is 1. The lowest BCUT2D eigenvalue weighted by molar-refractivity contribution is -0.138. The van der Waals surface area contributed by atoms with Crippen molar-refractivity contribution in [1.82, 2.24) is 14.9 Å². The molecule has 24 heavy (non-hydrogen) atoms. The topological polar surface area (TPSA) is 55.3 Å². The molecule has 2 atom stereocenters. The molecule has 0 spiro atoms. The van der Waals surface area contributed by atoms with Gasteiger partial charge in [0.2, 0.25) is 0 Å². The van der Waals surface area contributed by atoms with Crippen LogP contribution in [0.4, 0.5) is 0 Å². The fraction of sp³-hybridized carbons (Fsp3) is 0.500. The smallest absolute Gasteiger partial charge is 0.263 e. The summed E-state index contributed by atoms with van der Waals surface area (Å²) in [5.74, 6) is 0.921. The molecule has 0 unspecified atom stereocenters. The van der Waals surface area contributed by atoms with E-state index < -0.39 is 6.10 Å². The highest BCUT2D eigenvalue weighted by Gasteiger charge is 2.26. The van der Waals surface area contributed by atoms with Crippen molar-refractivity contribution in [2.75, 3.05) is 7.05 Å². The number of nitrogens with zero attached hydrogens (tertiary/aromatic N) is 3. The second-order valence-electron chi connectivity index (χ2n) is 6.23. The van der Waals surface area contributed by atoms with Crippen LogP contribution >= 0.6 is 11.3 Å². The van der Waals surface area contributed by atoms with E-state index in [1.54, 1.807) is 47.7 Å². The summed E-state index contributed by atoms with van der Waals surface area (Å²) < 4.78 is 5.69.